The zero-order valence-corrected chi connectivity index (χ0v) is 16.4. The highest BCUT2D eigenvalue weighted by atomic mass is 14.2. The van der Waals surface area contributed by atoms with Gasteiger partial charge in [-0.15, -0.1) is 0 Å². The van der Waals surface area contributed by atoms with Gasteiger partial charge in [0.25, 0.3) is 0 Å². The summed E-state index contributed by atoms with van der Waals surface area (Å²) in [6.07, 6.45) is 0.957. The van der Waals surface area contributed by atoms with E-state index >= 15 is 0 Å². The molecule has 27 heavy (non-hydrogen) atoms. The molecule has 0 saturated carbocycles. The molecule has 0 radical (unpaired) electrons. The van der Waals surface area contributed by atoms with Gasteiger partial charge in [-0.25, -0.2) is 0 Å². The number of aryl methyl sites for hydroxylation is 1. The van der Waals surface area contributed by atoms with Gasteiger partial charge in [-0.1, -0.05) is 98.8 Å². The maximum atomic E-state index is 2.43. The van der Waals surface area contributed by atoms with E-state index in [-0.39, 0.29) is 0 Å². The van der Waals surface area contributed by atoms with E-state index < -0.39 is 0 Å². The Balaban J connectivity index is 1.95. The third kappa shape index (κ3) is 3.53. The number of benzene rings is 4. The average Bonchev–Trinajstić information content (AvgIpc) is 2.68. The van der Waals surface area contributed by atoms with Crippen LogP contribution in [-0.4, -0.2) is 0 Å². The number of hydrogen-bond donors (Lipinski definition) is 0. The van der Waals surface area contributed by atoms with Gasteiger partial charge in [0.05, 0.1) is 0 Å². The van der Waals surface area contributed by atoms with Crippen molar-refractivity contribution in [3.8, 4) is 11.1 Å². The van der Waals surface area contributed by atoms with Crippen LogP contribution in [0.5, 0.6) is 0 Å². The zero-order valence-electron chi connectivity index (χ0n) is 16.4. The highest BCUT2D eigenvalue weighted by Gasteiger charge is 2.14. The molecule has 0 N–H and O–H groups in total. The van der Waals surface area contributed by atoms with Crippen LogP contribution in [0, 0.1) is 6.92 Å². The minimum Gasteiger partial charge on any atom is -0.0622 e. The fourth-order valence-corrected chi connectivity index (χ4v) is 4.08. The van der Waals surface area contributed by atoms with E-state index in [9.17, 15) is 0 Å². The smallest absolute Gasteiger partial charge is 0.00195 e. The monoisotopic (exact) mass is 350 g/mol. The second kappa shape index (κ2) is 7.40. The van der Waals surface area contributed by atoms with Gasteiger partial charge in [-0.05, 0) is 63.4 Å². The molecule has 0 aliphatic heterocycles. The Morgan fingerprint density at radius 1 is 0.704 bits per heavy atom. The molecule has 0 spiro atoms. The Kier molecular flexibility index (Phi) is 4.81. The zero-order chi connectivity index (χ0) is 18.8. The third-order valence-corrected chi connectivity index (χ3v) is 5.43. The van der Waals surface area contributed by atoms with E-state index in [0.717, 1.165) is 6.42 Å². The topological polar surface area (TPSA) is 0 Å². The summed E-state index contributed by atoms with van der Waals surface area (Å²) in [7, 11) is 0. The van der Waals surface area contributed by atoms with Crippen LogP contribution in [0.3, 0.4) is 0 Å². The first-order valence-electron chi connectivity index (χ1n) is 9.79. The quantitative estimate of drug-likeness (QED) is 0.357. The van der Waals surface area contributed by atoms with Crippen molar-refractivity contribution < 1.29 is 0 Å². The predicted molar refractivity (Wildman–Crippen MR) is 117 cm³/mol. The minimum absolute atomic E-state index is 0.518. The van der Waals surface area contributed by atoms with E-state index in [2.05, 4.69) is 106 Å². The van der Waals surface area contributed by atoms with Crippen molar-refractivity contribution in [1.29, 1.82) is 0 Å². The Bertz CT molecular complexity index is 1070. The van der Waals surface area contributed by atoms with Crippen molar-refractivity contribution >= 4 is 10.8 Å². The Labute approximate surface area is 162 Å². The lowest BCUT2D eigenvalue weighted by Crippen LogP contribution is -1.99. The van der Waals surface area contributed by atoms with Crippen LogP contribution < -0.4 is 0 Å². The van der Waals surface area contributed by atoms with Gasteiger partial charge in [0.2, 0.25) is 0 Å². The van der Waals surface area contributed by atoms with E-state index in [1.54, 1.807) is 0 Å². The summed E-state index contributed by atoms with van der Waals surface area (Å²) < 4.78 is 0. The van der Waals surface area contributed by atoms with Gasteiger partial charge in [-0.3, -0.25) is 0 Å². The first kappa shape index (κ1) is 17.5. The standard InChI is InChI=1S/C27H26/c1-19(2)26-18-27(25-15-9-13-22-12-7-8-14-24(22)25)23(16-20(26)3)17-21-10-5-4-6-11-21/h4-16,18-19H,17H2,1-3H3. The summed E-state index contributed by atoms with van der Waals surface area (Å²) in [5.41, 5.74) is 8.29. The summed E-state index contributed by atoms with van der Waals surface area (Å²) in [6, 6.07) is 31.0. The molecule has 0 fully saturated rings. The van der Waals surface area contributed by atoms with E-state index in [1.165, 1.54) is 44.2 Å². The molecule has 0 aliphatic rings. The van der Waals surface area contributed by atoms with Crippen LogP contribution in [0.1, 0.15) is 42.0 Å². The second-order valence-corrected chi connectivity index (χ2v) is 7.71. The van der Waals surface area contributed by atoms with Crippen LogP contribution in [0.15, 0.2) is 84.9 Å². The van der Waals surface area contributed by atoms with Gasteiger partial charge in [0.15, 0.2) is 0 Å². The molecule has 0 atom stereocenters. The lowest BCUT2D eigenvalue weighted by Gasteiger charge is -2.18. The minimum atomic E-state index is 0.518. The highest BCUT2D eigenvalue weighted by Crippen LogP contribution is 2.35. The largest absolute Gasteiger partial charge is 0.0622 e. The molecular weight excluding hydrogens is 324 g/mol. The fraction of sp³-hybridized carbons (Fsp3) is 0.185. The van der Waals surface area contributed by atoms with Crippen LogP contribution in [0.4, 0.5) is 0 Å². The van der Waals surface area contributed by atoms with Crippen LogP contribution >= 0.6 is 0 Å². The van der Waals surface area contributed by atoms with Crippen LogP contribution in [0.25, 0.3) is 21.9 Å². The molecule has 0 bridgehead atoms. The van der Waals surface area contributed by atoms with Crippen molar-refractivity contribution in [2.45, 2.75) is 33.1 Å². The molecule has 134 valence electrons. The van der Waals surface area contributed by atoms with Crippen LogP contribution in [0.2, 0.25) is 0 Å². The van der Waals surface area contributed by atoms with E-state index in [0.29, 0.717) is 5.92 Å². The van der Waals surface area contributed by atoms with Crippen molar-refractivity contribution in [2.75, 3.05) is 0 Å². The summed E-state index contributed by atoms with van der Waals surface area (Å²) in [6.45, 7) is 6.81. The van der Waals surface area contributed by atoms with Gasteiger partial charge in [0, 0.05) is 0 Å². The molecule has 4 rings (SSSR count). The Hall–Kier alpha value is -2.86. The molecular formula is C27H26. The Morgan fingerprint density at radius 3 is 2.19 bits per heavy atom. The van der Waals surface area contributed by atoms with Crippen molar-refractivity contribution in [2.24, 2.45) is 0 Å². The molecule has 0 saturated heterocycles. The molecule has 0 nitrogen and oxygen atoms in total. The third-order valence-electron chi connectivity index (χ3n) is 5.43. The number of fused-ring (bicyclic) bond motifs is 1. The lowest BCUT2D eigenvalue weighted by molar-refractivity contribution is 0.855. The first-order chi connectivity index (χ1) is 13.1. The molecule has 0 amide bonds. The van der Waals surface area contributed by atoms with Crippen molar-refractivity contribution in [3.63, 3.8) is 0 Å². The molecule has 0 heterocycles. The summed E-state index contributed by atoms with van der Waals surface area (Å²) in [5, 5.41) is 2.63. The Morgan fingerprint density at radius 2 is 1.41 bits per heavy atom. The van der Waals surface area contributed by atoms with Crippen molar-refractivity contribution in [1.82, 2.24) is 0 Å². The summed E-state index contributed by atoms with van der Waals surface area (Å²) in [4.78, 5) is 0. The van der Waals surface area contributed by atoms with E-state index in [1.807, 2.05) is 0 Å². The fourth-order valence-electron chi connectivity index (χ4n) is 4.08. The predicted octanol–water partition coefficient (Wildman–Crippen LogP) is 7.53. The first-order valence-corrected chi connectivity index (χ1v) is 9.79. The average molecular weight is 351 g/mol. The number of hydrogen-bond acceptors (Lipinski definition) is 0. The van der Waals surface area contributed by atoms with Gasteiger partial charge >= 0.3 is 0 Å². The van der Waals surface area contributed by atoms with Gasteiger partial charge in [0.1, 0.15) is 0 Å². The van der Waals surface area contributed by atoms with Crippen molar-refractivity contribution in [3.05, 3.63) is 107 Å². The number of rotatable bonds is 4. The van der Waals surface area contributed by atoms with E-state index in [4.69, 9.17) is 0 Å². The molecule has 0 aromatic heterocycles. The SMILES string of the molecule is Cc1cc(Cc2ccccc2)c(-c2cccc3ccccc23)cc1C(C)C. The maximum absolute atomic E-state index is 2.43. The molecule has 4 aromatic carbocycles. The normalized spacial score (nSPS) is 11.3. The van der Waals surface area contributed by atoms with Gasteiger partial charge in [-0.2, -0.15) is 0 Å². The molecule has 0 unspecified atom stereocenters. The molecule has 0 heteroatoms. The highest BCUT2D eigenvalue weighted by molar-refractivity contribution is 5.97. The lowest BCUT2D eigenvalue weighted by atomic mass is 9.86. The summed E-state index contributed by atoms with van der Waals surface area (Å²) in [5.74, 6) is 0.518. The molecule has 4 aromatic rings. The molecule has 0 aliphatic carbocycles. The summed E-state index contributed by atoms with van der Waals surface area (Å²) >= 11 is 0. The van der Waals surface area contributed by atoms with Gasteiger partial charge < -0.3 is 0 Å². The maximum Gasteiger partial charge on any atom is -0.00195 e. The second-order valence-electron chi connectivity index (χ2n) is 7.71. The van der Waals surface area contributed by atoms with Crippen LogP contribution in [-0.2, 0) is 6.42 Å².